The van der Waals surface area contributed by atoms with Crippen molar-refractivity contribution in [3.05, 3.63) is 29.8 Å². The van der Waals surface area contributed by atoms with Crippen molar-refractivity contribution in [3.63, 3.8) is 0 Å². The second kappa shape index (κ2) is 8.92. The third kappa shape index (κ3) is 5.41. The number of aryl methyl sites for hydroxylation is 1. The molecule has 0 saturated carbocycles. The van der Waals surface area contributed by atoms with Gasteiger partial charge in [-0.1, -0.05) is 19.1 Å². The number of anilines is 1. The Morgan fingerprint density at radius 1 is 1.29 bits per heavy atom. The lowest BCUT2D eigenvalue weighted by Gasteiger charge is -2.36. The lowest BCUT2D eigenvalue weighted by Crippen LogP contribution is -2.45. The van der Waals surface area contributed by atoms with Gasteiger partial charge in [0.05, 0.1) is 19.8 Å². The molecule has 1 heterocycles. The molecule has 1 fully saturated rings. The van der Waals surface area contributed by atoms with Crippen molar-refractivity contribution in [1.82, 2.24) is 10.6 Å². The number of benzene rings is 1. The van der Waals surface area contributed by atoms with Crippen LogP contribution in [-0.4, -0.2) is 51.9 Å². The number of guanidine groups is 1. The SMILES string of the molecule is CCNC(=NCC1(C)COC1)NCCN(CC)c1cccc(C)c1. The fourth-order valence-corrected chi connectivity index (χ4v) is 2.76. The van der Waals surface area contributed by atoms with E-state index < -0.39 is 0 Å². The fraction of sp³-hybridized carbons (Fsp3) is 0.632. The van der Waals surface area contributed by atoms with Gasteiger partial charge in [-0.25, -0.2) is 0 Å². The Bertz CT molecular complexity index is 540. The van der Waals surface area contributed by atoms with E-state index in [1.807, 2.05) is 0 Å². The number of aliphatic imine (C=N–C) groups is 1. The molecule has 0 atom stereocenters. The summed E-state index contributed by atoms with van der Waals surface area (Å²) in [6.45, 7) is 14.7. The van der Waals surface area contributed by atoms with Crippen LogP contribution in [-0.2, 0) is 4.74 Å². The molecule has 0 amide bonds. The van der Waals surface area contributed by atoms with Crippen LogP contribution < -0.4 is 15.5 Å². The van der Waals surface area contributed by atoms with Crippen molar-refractivity contribution < 1.29 is 4.74 Å². The molecule has 134 valence electrons. The van der Waals surface area contributed by atoms with Crippen LogP contribution in [0.15, 0.2) is 29.3 Å². The number of nitrogens with one attached hydrogen (secondary N) is 2. The second-order valence-electron chi connectivity index (χ2n) is 6.84. The summed E-state index contributed by atoms with van der Waals surface area (Å²) >= 11 is 0. The van der Waals surface area contributed by atoms with Crippen molar-refractivity contribution in [2.45, 2.75) is 27.7 Å². The zero-order valence-corrected chi connectivity index (χ0v) is 15.6. The molecule has 1 aliphatic heterocycles. The molecule has 1 aliphatic rings. The van der Waals surface area contributed by atoms with Gasteiger partial charge in [0.15, 0.2) is 5.96 Å². The summed E-state index contributed by atoms with van der Waals surface area (Å²) < 4.78 is 5.30. The highest BCUT2D eigenvalue weighted by atomic mass is 16.5. The van der Waals surface area contributed by atoms with Gasteiger partial charge in [0.2, 0.25) is 0 Å². The van der Waals surface area contributed by atoms with Crippen LogP contribution in [0.25, 0.3) is 0 Å². The van der Waals surface area contributed by atoms with Crippen molar-refractivity contribution in [2.24, 2.45) is 10.4 Å². The summed E-state index contributed by atoms with van der Waals surface area (Å²) in [6.07, 6.45) is 0. The van der Waals surface area contributed by atoms with Gasteiger partial charge < -0.3 is 20.3 Å². The average Bonchev–Trinajstić information content (AvgIpc) is 2.54. The largest absolute Gasteiger partial charge is 0.380 e. The monoisotopic (exact) mass is 332 g/mol. The molecule has 24 heavy (non-hydrogen) atoms. The van der Waals surface area contributed by atoms with Crippen LogP contribution >= 0.6 is 0 Å². The zero-order chi connectivity index (χ0) is 17.4. The number of likely N-dealkylation sites (N-methyl/N-ethyl adjacent to an activating group) is 1. The maximum absolute atomic E-state index is 5.30. The third-order valence-corrected chi connectivity index (χ3v) is 4.29. The van der Waals surface area contributed by atoms with E-state index >= 15 is 0 Å². The lowest BCUT2D eigenvalue weighted by molar-refractivity contribution is -0.0945. The van der Waals surface area contributed by atoms with Gasteiger partial charge >= 0.3 is 0 Å². The van der Waals surface area contributed by atoms with Gasteiger partial charge in [0.1, 0.15) is 0 Å². The normalized spacial score (nSPS) is 16.4. The molecule has 1 aromatic carbocycles. The molecular formula is C19H32N4O. The molecule has 5 heteroatoms. The third-order valence-electron chi connectivity index (χ3n) is 4.29. The van der Waals surface area contributed by atoms with Crippen LogP contribution in [0.1, 0.15) is 26.3 Å². The number of nitrogens with zero attached hydrogens (tertiary/aromatic N) is 2. The first-order chi connectivity index (χ1) is 11.6. The Morgan fingerprint density at radius 2 is 2.08 bits per heavy atom. The van der Waals surface area contributed by atoms with Gasteiger partial charge in [-0.3, -0.25) is 4.99 Å². The Kier molecular flexibility index (Phi) is 6.91. The minimum absolute atomic E-state index is 0.208. The second-order valence-corrected chi connectivity index (χ2v) is 6.84. The minimum Gasteiger partial charge on any atom is -0.380 e. The molecule has 1 saturated heterocycles. The number of ether oxygens (including phenoxy) is 1. The predicted octanol–water partition coefficient (Wildman–Crippen LogP) is 2.41. The Labute approximate surface area is 146 Å². The van der Waals surface area contributed by atoms with E-state index in [1.165, 1.54) is 11.3 Å². The van der Waals surface area contributed by atoms with E-state index in [9.17, 15) is 0 Å². The molecule has 0 radical (unpaired) electrons. The summed E-state index contributed by atoms with van der Waals surface area (Å²) in [5, 5.41) is 6.77. The molecule has 0 unspecified atom stereocenters. The smallest absolute Gasteiger partial charge is 0.191 e. The Hall–Kier alpha value is -1.75. The van der Waals surface area contributed by atoms with E-state index in [1.54, 1.807) is 0 Å². The molecule has 0 aliphatic carbocycles. The first-order valence-corrected chi connectivity index (χ1v) is 8.98. The standard InChI is InChI=1S/C19H32N4O/c1-5-20-18(22-13-19(4)14-24-15-19)21-10-11-23(6-2)17-9-7-8-16(3)12-17/h7-9,12H,5-6,10-11,13-15H2,1-4H3,(H2,20,21,22). The molecule has 5 nitrogen and oxygen atoms in total. The zero-order valence-electron chi connectivity index (χ0n) is 15.6. The number of hydrogen-bond acceptors (Lipinski definition) is 3. The quantitative estimate of drug-likeness (QED) is 0.567. The maximum Gasteiger partial charge on any atom is 0.191 e. The highest BCUT2D eigenvalue weighted by Gasteiger charge is 2.33. The number of hydrogen-bond donors (Lipinski definition) is 2. The van der Waals surface area contributed by atoms with Gasteiger partial charge in [0, 0.05) is 37.3 Å². The summed E-state index contributed by atoms with van der Waals surface area (Å²) in [4.78, 5) is 7.09. The molecule has 0 aromatic heterocycles. The van der Waals surface area contributed by atoms with E-state index in [0.717, 1.165) is 51.9 Å². The first kappa shape index (κ1) is 18.6. The lowest BCUT2D eigenvalue weighted by atomic mass is 9.89. The summed E-state index contributed by atoms with van der Waals surface area (Å²) in [7, 11) is 0. The average molecular weight is 332 g/mol. The summed E-state index contributed by atoms with van der Waals surface area (Å²) in [5.74, 6) is 0.894. The van der Waals surface area contributed by atoms with Crippen LogP contribution in [0.4, 0.5) is 5.69 Å². The molecule has 2 rings (SSSR count). The molecule has 2 N–H and O–H groups in total. The molecule has 1 aromatic rings. The fourth-order valence-electron chi connectivity index (χ4n) is 2.76. The first-order valence-electron chi connectivity index (χ1n) is 8.98. The molecular weight excluding hydrogens is 300 g/mol. The summed E-state index contributed by atoms with van der Waals surface area (Å²) in [5.41, 5.74) is 2.78. The molecule has 0 spiro atoms. The van der Waals surface area contributed by atoms with Crippen molar-refractivity contribution in [1.29, 1.82) is 0 Å². The van der Waals surface area contributed by atoms with Crippen molar-refractivity contribution in [3.8, 4) is 0 Å². The van der Waals surface area contributed by atoms with E-state index in [2.05, 4.69) is 67.5 Å². The van der Waals surface area contributed by atoms with Crippen molar-refractivity contribution >= 4 is 11.6 Å². The van der Waals surface area contributed by atoms with Crippen LogP contribution in [0.3, 0.4) is 0 Å². The van der Waals surface area contributed by atoms with Crippen LogP contribution in [0.2, 0.25) is 0 Å². The predicted molar refractivity (Wildman–Crippen MR) is 102 cm³/mol. The van der Waals surface area contributed by atoms with Gasteiger partial charge in [-0.05, 0) is 38.5 Å². The van der Waals surface area contributed by atoms with E-state index in [4.69, 9.17) is 9.73 Å². The number of rotatable bonds is 8. The van der Waals surface area contributed by atoms with Crippen molar-refractivity contribution in [2.75, 3.05) is 50.8 Å². The topological polar surface area (TPSA) is 48.9 Å². The van der Waals surface area contributed by atoms with Gasteiger partial charge in [-0.2, -0.15) is 0 Å². The van der Waals surface area contributed by atoms with Gasteiger partial charge in [-0.15, -0.1) is 0 Å². The summed E-state index contributed by atoms with van der Waals surface area (Å²) in [6, 6.07) is 8.66. The Morgan fingerprint density at radius 3 is 2.67 bits per heavy atom. The maximum atomic E-state index is 5.30. The Balaban J connectivity index is 1.85. The van der Waals surface area contributed by atoms with E-state index in [-0.39, 0.29) is 5.41 Å². The van der Waals surface area contributed by atoms with Crippen LogP contribution in [0.5, 0.6) is 0 Å². The van der Waals surface area contributed by atoms with Crippen LogP contribution in [0, 0.1) is 12.3 Å². The highest BCUT2D eigenvalue weighted by Crippen LogP contribution is 2.26. The minimum atomic E-state index is 0.208. The highest BCUT2D eigenvalue weighted by molar-refractivity contribution is 5.79. The van der Waals surface area contributed by atoms with E-state index in [0.29, 0.717) is 0 Å². The molecule has 0 bridgehead atoms. The van der Waals surface area contributed by atoms with Gasteiger partial charge in [0.25, 0.3) is 0 Å².